The lowest BCUT2D eigenvalue weighted by molar-refractivity contribution is -0.222. The number of likely N-dealkylation sites (tertiary alicyclic amines) is 1. The average Bonchev–Trinajstić information content (AvgIpc) is 2.75. The van der Waals surface area contributed by atoms with E-state index in [4.69, 9.17) is 4.42 Å². The highest BCUT2D eigenvalue weighted by Crippen LogP contribution is 2.32. The molecule has 1 atom stereocenters. The molecule has 0 spiro atoms. The fraction of sp³-hybridized carbons (Fsp3) is 0.643. The number of alkyl halides is 3. The molecule has 1 aliphatic rings. The largest absolute Gasteiger partial charge is 0.456 e. The summed E-state index contributed by atoms with van der Waals surface area (Å²) in [5.41, 5.74) is 0.718. The van der Waals surface area contributed by atoms with Gasteiger partial charge in [0.25, 0.3) is 5.91 Å². The third-order valence-electron chi connectivity index (χ3n) is 3.84. The summed E-state index contributed by atoms with van der Waals surface area (Å²) in [5.74, 6) is -0.297. The topological polar surface area (TPSA) is 53.7 Å². The van der Waals surface area contributed by atoms with Crippen molar-refractivity contribution in [1.29, 1.82) is 0 Å². The minimum absolute atomic E-state index is 0.130. The summed E-state index contributed by atoms with van der Waals surface area (Å²) in [6, 6.07) is 1.74. The first kappa shape index (κ1) is 15.9. The molecule has 1 saturated heterocycles. The summed E-state index contributed by atoms with van der Waals surface area (Å²) in [6.45, 7) is 3.87. The van der Waals surface area contributed by atoms with Gasteiger partial charge in [-0.3, -0.25) is 4.79 Å². The monoisotopic (exact) mass is 305 g/mol. The first-order chi connectivity index (χ1) is 9.70. The molecule has 1 N–H and O–H groups in total. The summed E-state index contributed by atoms with van der Waals surface area (Å²) >= 11 is 0. The van der Waals surface area contributed by atoms with E-state index in [2.05, 4.69) is 0 Å². The number of aryl methyl sites for hydroxylation is 2. The Morgan fingerprint density at radius 2 is 1.95 bits per heavy atom. The van der Waals surface area contributed by atoms with Gasteiger partial charge in [-0.2, -0.15) is 13.2 Å². The molecule has 1 aliphatic heterocycles. The van der Waals surface area contributed by atoms with E-state index < -0.39 is 18.2 Å². The number of carbonyl (C=O) groups is 1. The molecule has 0 saturated carbocycles. The van der Waals surface area contributed by atoms with Crippen LogP contribution in [0.15, 0.2) is 10.5 Å². The Labute approximate surface area is 120 Å². The molecule has 1 amide bonds. The van der Waals surface area contributed by atoms with Crippen molar-refractivity contribution in [1.82, 2.24) is 4.90 Å². The lowest BCUT2D eigenvalue weighted by Gasteiger charge is -2.34. The maximum atomic E-state index is 12.5. The summed E-state index contributed by atoms with van der Waals surface area (Å²) < 4.78 is 42.7. The minimum Gasteiger partial charge on any atom is -0.456 e. The van der Waals surface area contributed by atoms with Crippen LogP contribution in [0.1, 0.15) is 34.7 Å². The van der Waals surface area contributed by atoms with Crippen LogP contribution < -0.4 is 0 Å². The molecule has 2 heterocycles. The van der Waals surface area contributed by atoms with Crippen molar-refractivity contribution in [2.75, 3.05) is 13.1 Å². The number of rotatable bonds is 2. The van der Waals surface area contributed by atoms with Crippen molar-refractivity contribution in [3.05, 3.63) is 23.2 Å². The number of halogens is 3. The van der Waals surface area contributed by atoms with Crippen LogP contribution in [0.3, 0.4) is 0 Å². The van der Waals surface area contributed by atoms with Gasteiger partial charge in [-0.15, -0.1) is 0 Å². The predicted molar refractivity (Wildman–Crippen MR) is 68.9 cm³/mol. The third-order valence-corrected chi connectivity index (χ3v) is 3.84. The van der Waals surface area contributed by atoms with Crippen LogP contribution in [-0.4, -0.2) is 41.3 Å². The molecule has 4 nitrogen and oxygen atoms in total. The Morgan fingerprint density at radius 3 is 2.38 bits per heavy atom. The van der Waals surface area contributed by atoms with E-state index in [0.717, 1.165) is 5.56 Å². The van der Waals surface area contributed by atoms with Crippen molar-refractivity contribution in [3.8, 4) is 0 Å². The maximum absolute atomic E-state index is 12.5. The molecule has 0 radical (unpaired) electrons. The van der Waals surface area contributed by atoms with Gasteiger partial charge in [0, 0.05) is 18.7 Å². The second kappa shape index (κ2) is 5.71. The van der Waals surface area contributed by atoms with E-state index in [1.165, 1.54) is 4.90 Å². The molecule has 7 heteroatoms. The molecule has 118 valence electrons. The molecule has 2 rings (SSSR count). The normalized spacial score (nSPS) is 18.9. The molecule has 0 aliphatic carbocycles. The van der Waals surface area contributed by atoms with Crippen LogP contribution in [0.2, 0.25) is 0 Å². The van der Waals surface area contributed by atoms with Crippen molar-refractivity contribution >= 4 is 5.91 Å². The van der Waals surface area contributed by atoms with Crippen LogP contribution in [-0.2, 0) is 0 Å². The molecule has 1 unspecified atom stereocenters. The smallest absolute Gasteiger partial charge is 0.414 e. The van der Waals surface area contributed by atoms with Gasteiger partial charge in [-0.05, 0) is 38.7 Å². The number of piperidine rings is 1. The SMILES string of the molecule is Cc1cc(C)c(C(=O)N2CCC(C(O)C(F)(F)F)CC2)o1. The molecular formula is C14H18F3NO3. The van der Waals surface area contributed by atoms with Gasteiger partial charge in [-0.1, -0.05) is 0 Å². The third kappa shape index (κ3) is 3.40. The Balaban J connectivity index is 1.98. The standard InChI is InChI=1S/C14H18F3NO3/c1-8-7-9(2)21-11(8)13(20)18-5-3-10(4-6-18)12(19)14(15,16)17/h7,10,12,19H,3-6H2,1-2H3. The van der Waals surface area contributed by atoms with Gasteiger partial charge in [0.15, 0.2) is 11.9 Å². The van der Waals surface area contributed by atoms with Gasteiger partial charge in [0.1, 0.15) is 5.76 Å². The first-order valence-electron chi connectivity index (χ1n) is 6.81. The molecule has 1 fully saturated rings. The second-order valence-corrected chi connectivity index (χ2v) is 5.49. The van der Waals surface area contributed by atoms with Gasteiger partial charge >= 0.3 is 6.18 Å². The molecule has 0 aromatic carbocycles. The minimum atomic E-state index is -4.61. The van der Waals surface area contributed by atoms with Crippen LogP contribution in [0.4, 0.5) is 13.2 Å². The van der Waals surface area contributed by atoms with E-state index >= 15 is 0 Å². The number of aliphatic hydroxyl groups excluding tert-OH is 1. The number of amides is 1. The summed E-state index contributed by atoms with van der Waals surface area (Å²) in [4.78, 5) is 13.7. The van der Waals surface area contributed by atoms with Crippen LogP contribution in [0.5, 0.6) is 0 Å². The molecule has 21 heavy (non-hydrogen) atoms. The highest BCUT2D eigenvalue weighted by Gasteiger charge is 2.44. The predicted octanol–water partition coefficient (Wildman–Crippen LogP) is 2.67. The summed E-state index contributed by atoms with van der Waals surface area (Å²) in [6.07, 6.45) is -6.66. The fourth-order valence-corrected chi connectivity index (χ4v) is 2.68. The molecule has 1 aromatic heterocycles. The lowest BCUT2D eigenvalue weighted by Crippen LogP contribution is -2.45. The first-order valence-corrected chi connectivity index (χ1v) is 6.81. The second-order valence-electron chi connectivity index (χ2n) is 5.49. The lowest BCUT2D eigenvalue weighted by atomic mass is 9.90. The summed E-state index contributed by atoms with van der Waals surface area (Å²) in [7, 11) is 0. The molecule has 0 bridgehead atoms. The Kier molecular flexibility index (Phi) is 4.32. The van der Waals surface area contributed by atoms with Crippen molar-refractivity contribution < 1.29 is 27.5 Å². The van der Waals surface area contributed by atoms with Gasteiger partial charge < -0.3 is 14.4 Å². The van der Waals surface area contributed by atoms with E-state index in [9.17, 15) is 23.1 Å². The number of carbonyl (C=O) groups excluding carboxylic acids is 1. The van der Waals surface area contributed by atoms with Crippen molar-refractivity contribution in [2.45, 2.75) is 39.0 Å². The maximum Gasteiger partial charge on any atom is 0.414 e. The van der Waals surface area contributed by atoms with E-state index in [1.54, 1.807) is 19.9 Å². The zero-order valence-electron chi connectivity index (χ0n) is 11.9. The van der Waals surface area contributed by atoms with Gasteiger partial charge in [0.2, 0.25) is 0 Å². The van der Waals surface area contributed by atoms with Crippen molar-refractivity contribution in [3.63, 3.8) is 0 Å². The average molecular weight is 305 g/mol. The zero-order valence-corrected chi connectivity index (χ0v) is 11.9. The zero-order chi connectivity index (χ0) is 15.8. The van der Waals surface area contributed by atoms with Gasteiger partial charge in [0.05, 0.1) is 0 Å². The fourth-order valence-electron chi connectivity index (χ4n) is 2.68. The van der Waals surface area contributed by atoms with Crippen LogP contribution >= 0.6 is 0 Å². The number of aliphatic hydroxyl groups is 1. The molecular weight excluding hydrogens is 287 g/mol. The number of furan rings is 1. The number of hydrogen-bond donors (Lipinski definition) is 1. The van der Waals surface area contributed by atoms with E-state index in [1.807, 2.05) is 0 Å². The highest BCUT2D eigenvalue weighted by atomic mass is 19.4. The Hall–Kier alpha value is -1.50. The Bertz CT molecular complexity index is 516. The van der Waals surface area contributed by atoms with E-state index in [-0.39, 0.29) is 37.6 Å². The molecule has 1 aromatic rings. The number of hydrogen-bond acceptors (Lipinski definition) is 3. The quantitative estimate of drug-likeness (QED) is 0.914. The van der Waals surface area contributed by atoms with E-state index in [0.29, 0.717) is 5.76 Å². The number of nitrogens with zero attached hydrogens (tertiary/aromatic N) is 1. The highest BCUT2D eigenvalue weighted by molar-refractivity contribution is 5.93. The van der Waals surface area contributed by atoms with Crippen molar-refractivity contribution in [2.24, 2.45) is 5.92 Å². The summed E-state index contributed by atoms with van der Waals surface area (Å²) in [5, 5.41) is 9.25. The van der Waals surface area contributed by atoms with Gasteiger partial charge in [-0.25, -0.2) is 0 Å². The van der Waals surface area contributed by atoms with Crippen LogP contribution in [0.25, 0.3) is 0 Å². The Morgan fingerprint density at radius 1 is 1.38 bits per heavy atom. The van der Waals surface area contributed by atoms with Crippen LogP contribution in [0, 0.1) is 19.8 Å².